The Morgan fingerprint density at radius 3 is 1.95 bits per heavy atom. The molecule has 0 aromatic carbocycles. The van der Waals surface area contributed by atoms with Gasteiger partial charge in [0, 0.05) is 9.47 Å². The quantitative estimate of drug-likeness (QED) is 0.158. The van der Waals surface area contributed by atoms with E-state index in [0.717, 1.165) is 25.7 Å². The molecule has 124 valence electrons. The summed E-state index contributed by atoms with van der Waals surface area (Å²) in [7, 11) is 2.32. The van der Waals surface area contributed by atoms with Crippen LogP contribution in [0.25, 0.3) is 0 Å². The van der Waals surface area contributed by atoms with Crippen LogP contribution in [-0.2, 0) is 4.52 Å². The summed E-state index contributed by atoms with van der Waals surface area (Å²) >= 11 is 0. The molecule has 2 atom stereocenters. The molecule has 1 nitrogen and oxygen atoms in total. The van der Waals surface area contributed by atoms with Gasteiger partial charge in [0.15, 0.2) is 0 Å². The highest BCUT2D eigenvalue weighted by atomic mass is 31.0. The van der Waals surface area contributed by atoms with Crippen molar-refractivity contribution in [2.75, 3.05) is 0 Å². The number of hydrogen-bond acceptors (Lipinski definition) is 1. The summed E-state index contributed by atoms with van der Waals surface area (Å²) in [5.41, 5.74) is 0. The number of unbranched alkanes of at least 4 members (excludes halogenated alkanes) is 2. The number of allylic oxidation sites excluding steroid dienone is 9. The van der Waals surface area contributed by atoms with Gasteiger partial charge in [0.05, 0.1) is 6.10 Å². The van der Waals surface area contributed by atoms with Gasteiger partial charge in [0.2, 0.25) is 0 Å². The standard InChI is InChI=1S/C20H33OP/c1-3-5-6-7-8-9-10-11-12-13-14-15-16-17-18-19-20(4-2)21-22/h7-8,10-11,13-14,16-20H,3-6,9,12,15,22H2,1-2H3/b8-7-,11-10-,14-13-,17-16-,19-18+. The highest BCUT2D eigenvalue weighted by molar-refractivity contribution is 7.09. The fourth-order valence-electron chi connectivity index (χ4n) is 1.78. The lowest BCUT2D eigenvalue weighted by Crippen LogP contribution is -1.99. The highest BCUT2D eigenvalue weighted by Gasteiger charge is 1.94. The van der Waals surface area contributed by atoms with Gasteiger partial charge in [-0.2, -0.15) is 0 Å². The van der Waals surface area contributed by atoms with Gasteiger partial charge in [-0.1, -0.05) is 87.4 Å². The van der Waals surface area contributed by atoms with Gasteiger partial charge in [-0.3, -0.25) is 0 Å². The van der Waals surface area contributed by atoms with E-state index in [9.17, 15) is 0 Å². The van der Waals surface area contributed by atoms with E-state index in [-0.39, 0.29) is 6.10 Å². The average molecular weight is 320 g/mol. The van der Waals surface area contributed by atoms with Gasteiger partial charge in [-0.15, -0.1) is 0 Å². The third-order valence-corrected chi connectivity index (χ3v) is 3.54. The summed E-state index contributed by atoms with van der Waals surface area (Å²) in [5, 5.41) is 0. The first-order valence-corrected chi connectivity index (χ1v) is 8.96. The van der Waals surface area contributed by atoms with E-state index in [1.165, 1.54) is 19.3 Å². The normalized spacial score (nSPS) is 14.5. The van der Waals surface area contributed by atoms with Crippen LogP contribution in [0, 0.1) is 0 Å². The number of rotatable bonds is 13. The van der Waals surface area contributed by atoms with Gasteiger partial charge < -0.3 is 4.52 Å². The lowest BCUT2D eigenvalue weighted by Gasteiger charge is -2.04. The molecule has 0 aliphatic rings. The first-order valence-electron chi connectivity index (χ1n) is 8.48. The van der Waals surface area contributed by atoms with Gasteiger partial charge in [0.25, 0.3) is 0 Å². The van der Waals surface area contributed by atoms with Crippen molar-refractivity contribution in [2.24, 2.45) is 0 Å². The summed E-state index contributed by atoms with van der Waals surface area (Å²) in [5.74, 6) is 0. The SMILES string of the molecule is CCCC/C=C\C/C=C\C/C=C\C/C=C\C=C\C(CC)OP. The van der Waals surface area contributed by atoms with Crippen LogP contribution in [0.3, 0.4) is 0 Å². The molecule has 0 bridgehead atoms. The van der Waals surface area contributed by atoms with Crippen molar-refractivity contribution in [1.82, 2.24) is 0 Å². The van der Waals surface area contributed by atoms with Crippen molar-refractivity contribution in [3.05, 3.63) is 60.8 Å². The van der Waals surface area contributed by atoms with Crippen molar-refractivity contribution in [3.63, 3.8) is 0 Å². The second kappa shape index (κ2) is 18.1. The fraction of sp³-hybridized carbons (Fsp3) is 0.500. The third kappa shape index (κ3) is 15.5. The molecular formula is C20H33OP. The first kappa shape index (κ1) is 21.1. The second-order valence-corrected chi connectivity index (χ2v) is 5.43. The molecule has 0 rings (SSSR count). The molecule has 22 heavy (non-hydrogen) atoms. The second-order valence-electron chi connectivity index (χ2n) is 5.16. The average Bonchev–Trinajstić information content (AvgIpc) is 2.55. The molecule has 2 unspecified atom stereocenters. The molecule has 0 N–H and O–H groups in total. The lowest BCUT2D eigenvalue weighted by molar-refractivity contribution is 0.289. The Bertz CT molecular complexity index is 360. The minimum Gasteiger partial charge on any atom is -0.358 e. The molecule has 0 spiro atoms. The highest BCUT2D eigenvalue weighted by Crippen LogP contribution is 2.04. The van der Waals surface area contributed by atoms with Gasteiger partial charge >= 0.3 is 0 Å². The molecule has 0 aliphatic carbocycles. The van der Waals surface area contributed by atoms with Gasteiger partial charge in [-0.25, -0.2) is 0 Å². The molecule has 0 aliphatic heterocycles. The Kier molecular flexibility index (Phi) is 17.4. The predicted octanol–water partition coefficient (Wildman–Crippen LogP) is 6.71. The van der Waals surface area contributed by atoms with Crippen molar-refractivity contribution in [1.29, 1.82) is 0 Å². The van der Waals surface area contributed by atoms with E-state index in [1.807, 2.05) is 0 Å². The third-order valence-electron chi connectivity index (χ3n) is 3.19. The Morgan fingerprint density at radius 2 is 1.41 bits per heavy atom. The Morgan fingerprint density at radius 1 is 0.818 bits per heavy atom. The molecule has 0 heterocycles. The monoisotopic (exact) mass is 320 g/mol. The van der Waals surface area contributed by atoms with E-state index in [2.05, 4.69) is 84.1 Å². The maximum atomic E-state index is 5.19. The predicted molar refractivity (Wildman–Crippen MR) is 104 cm³/mol. The Labute approximate surface area is 140 Å². The molecule has 0 radical (unpaired) electrons. The first-order chi connectivity index (χ1) is 10.8. The maximum Gasteiger partial charge on any atom is 0.0792 e. The molecule has 2 heteroatoms. The van der Waals surface area contributed by atoms with Crippen LogP contribution in [0.1, 0.15) is 58.8 Å². The van der Waals surface area contributed by atoms with E-state index < -0.39 is 0 Å². The minimum atomic E-state index is 0.200. The molecule has 0 aromatic heterocycles. The minimum absolute atomic E-state index is 0.200. The Balaban J connectivity index is 3.60. The lowest BCUT2D eigenvalue weighted by atomic mass is 10.2. The van der Waals surface area contributed by atoms with Gasteiger partial charge in [0.1, 0.15) is 0 Å². The molecule has 0 aromatic rings. The van der Waals surface area contributed by atoms with Crippen LogP contribution in [0.2, 0.25) is 0 Å². The van der Waals surface area contributed by atoms with Crippen molar-refractivity contribution in [3.8, 4) is 0 Å². The zero-order valence-electron chi connectivity index (χ0n) is 14.3. The van der Waals surface area contributed by atoms with Crippen LogP contribution in [0.5, 0.6) is 0 Å². The topological polar surface area (TPSA) is 9.23 Å². The summed E-state index contributed by atoms with van der Waals surface area (Å²) in [6.45, 7) is 4.34. The zero-order chi connectivity index (χ0) is 16.3. The van der Waals surface area contributed by atoms with E-state index >= 15 is 0 Å². The smallest absolute Gasteiger partial charge is 0.0792 e. The van der Waals surface area contributed by atoms with Crippen LogP contribution in [0.15, 0.2) is 60.8 Å². The van der Waals surface area contributed by atoms with Gasteiger partial charge in [-0.05, 0) is 32.1 Å². The Hall–Kier alpha value is -0.910. The maximum absolute atomic E-state index is 5.19. The van der Waals surface area contributed by atoms with Crippen molar-refractivity contribution < 1.29 is 4.52 Å². The summed E-state index contributed by atoms with van der Waals surface area (Å²) < 4.78 is 5.19. The largest absolute Gasteiger partial charge is 0.358 e. The molecule has 0 saturated carbocycles. The van der Waals surface area contributed by atoms with Crippen LogP contribution >= 0.6 is 9.47 Å². The van der Waals surface area contributed by atoms with Crippen LogP contribution < -0.4 is 0 Å². The van der Waals surface area contributed by atoms with Crippen molar-refractivity contribution in [2.45, 2.75) is 64.9 Å². The summed E-state index contributed by atoms with van der Waals surface area (Å²) in [4.78, 5) is 0. The summed E-state index contributed by atoms with van der Waals surface area (Å²) in [6, 6.07) is 0. The zero-order valence-corrected chi connectivity index (χ0v) is 15.4. The van der Waals surface area contributed by atoms with Crippen molar-refractivity contribution >= 4 is 9.47 Å². The van der Waals surface area contributed by atoms with E-state index in [4.69, 9.17) is 4.52 Å². The molecular weight excluding hydrogens is 287 g/mol. The fourth-order valence-corrected chi connectivity index (χ4v) is 2.06. The van der Waals surface area contributed by atoms with Crippen LogP contribution in [-0.4, -0.2) is 6.10 Å². The number of hydrogen-bond donors (Lipinski definition) is 0. The van der Waals surface area contributed by atoms with Crippen LogP contribution in [0.4, 0.5) is 0 Å². The van der Waals surface area contributed by atoms with E-state index in [1.54, 1.807) is 0 Å². The van der Waals surface area contributed by atoms with E-state index in [0.29, 0.717) is 0 Å². The summed E-state index contributed by atoms with van der Waals surface area (Å²) in [6.07, 6.45) is 29.8. The molecule has 0 saturated heterocycles. The molecule has 0 amide bonds. The molecule has 0 fully saturated rings.